The van der Waals surface area contributed by atoms with E-state index in [-0.39, 0.29) is 11.6 Å². The average Bonchev–Trinajstić information content (AvgIpc) is 2.27. The smallest absolute Gasteiger partial charge is 0.290 e. The first-order valence-corrected chi connectivity index (χ1v) is 4.80. The highest BCUT2D eigenvalue weighted by Crippen LogP contribution is 2.11. The first-order chi connectivity index (χ1) is 7.65. The molecule has 0 bridgehead atoms. The summed E-state index contributed by atoms with van der Waals surface area (Å²) in [5.74, 6) is -0.590. The third-order valence-corrected chi connectivity index (χ3v) is 2.26. The molecule has 0 atom stereocenters. The van der Waals surface area contributed by atoms with Gasteiger partial charge in [-0.15, -0.1) is 0 Å². The molecular weight excluding hydrogens is 209 g/mol. The fourth-order valence-electron chi connectivity index (χ4n) is 1.46. The largest absolute Gasteiger partial charge is 0.503 e. The maximum Gasteiger partial charge on any atom is 0.290 e. The zero-order valence-electron chi connectivity index (χ0n) is 8.40. The van der Waals surface area contributed by atoms with Crippen molar-refractivity contribution in [3.05, 3.63) is 63.8 Å². The number of hydrogen-bond donors (Lipinski definition) is 2. The lowest BCUT2D eigenvalue weighted by Crippen LogP contribution is -2.05. The fraction of sp³-hybridized carbons (Fsp3) is 0.0833. The molecule has 0 aliphatic carbocycles. The van der Waals surface area contributed by atoms with E-state index in [0.717, 1.165) is 11.1 Å². The van der Waals surface area contributed by atoms with Crippen LogP contribution in [0.4, 0.5) is 4.39 Å². The lowest BCUT2D eigenvalue weighted by molar-refractivity contribution is 0.466. The highest BCUT2D eigenvalue weighted by atomic mass is 19.1. The normalized spacial score (nSPS) is 10.3. The first kappa shape index (κ1) is 10.4. The van der Waals surface area contributed by atoms with E-state index in [1.54, 1.807) is 12.1 Å². The summed E-state index contributed by atoms with van der Waals surface area (Å²) in [6.07, 6.45) is 2.07. The van der Waals surface area contributed by atoms with Gasteiger partial charge >= 0.3 is 0 Å². The molecule has 0 saturated heterocycles. The van der Waals surface area contributed by atoms with Crippen molar-refractivity contribution in [3.63, 3.8) is 0 Å². The molecule has 2 N–H and O–H groups in total. The predicted octanol–water partition coefficient (Wildman–Crippen LogP) is 1.81. The molecule has 0 radical (unpaired) electrons. The van der Waals surface area contributed by atoms with Crippen molar-refractivity contribution in [2.75, 3.05) is 0 Å². The van der Waals surface area contributed by atoms with Crippen LogP contribution in [0.15, 0.2) is 41.3 Å². The molecule has 82 valence electrons. The summed E-state index contributed by atoms with van der Waals surface area (Å²) in [6, 6.07) is 7.49. The number of pyridine rings is 1. The SMILES string of the molecule is O=c1[nH]cc(Cc2ccc(F)cc2)cc1O. The van der Waals surface area contributed by atoms with Crippen molar-refractivity contribution in [3.8, 4) is 5.75 Å². The lowest BCUT2D eigenvalue weighted by atomic mass is 10.1. The van der Waals surface area contributed by atoms with Crippen LogP contribution in [0.3, 0.4) is 0 Å². The Morgan fingerprint density at radius 1 is 1.19 bits per heavy atom. The standard InChI is InChI=1S/C12H10FNO2/c13-10-3-1-8(2-4-10)5-9-6-11(15)12(16)14-7-9/h1-4,6-7,15H,5H2,(H,14,16). The zero-order valence-corrected chi connectivity index (χ0v) is 8.40. The summed E-state index contributed by atoms with van der Waals surface area (Å²) in [5, 5.41) is 9.22. The summed E-state index contributed by atoms with van der Waals surface area (Å²) in [4.78, 5) is 13.3. The predicted molar refractivity (Wildman–Crippen MR) is 57.9 cm³/mol. The highest BCUT2D eigenvalue weighted by molar-refractivity contribution is 5.28. The van der Waals surface area contributed by atoms with Crippen molar-refractivity contribution >= 4 is 0 Å². The Labute approximate surface area is 91.2 Å². The van der Waals surface area contributed by atoms with Gasteiger partial charge in [0.15, 0.2) is 5.75 Å². The highest BCUT2D eigenvalue weighted by Gasteiger charge is 2.01. The van der Waals surface area contributed by atoms with E-state index >= 15 is 0 Å². The molecule has 0 amide bonds. The van der Waals surface area contributed by atoms with Gasteiger partial charge < -0.3 is 10.1 Å². The van der Waals surface area contributed by atoms with Crippen molar-refractivity contribution in [1.29, 1.82) is 0 Å². The maximum atomic E-state index is 12.7. The second kappa shape index (κ2) is 4.18. The van der Waals surface area contributed by atoms with Gasteiger partial charge in [-0.2, -0.15) is 0 Å². The van der Waals surface area contributed by atoms with Gasteiger partial charge in [0.2, 0.25) is 0 Å². The molecule has 0 fully saturated rings. The van der Waals surface area contributed by atoms with E-state index in [0.29, 0.717) is 6.42 Å². The summed E-state index contributed by atoms with van der Waals surface area (Å²) in [6.45, 7) is 0. The molecule has 16 heavy (non-hydrogen) atoms. The van der Waals surface area contributed by atoms with Crippen LogP contribution in [-0.4, -0.2) is 10.1 Å². The number of aromatic nitrogens is 1. The Kier molecular flexibility index (Phi) is 2.72. The molecule has 1 heterocycles. The molecule has 0 saturated carbocycles. The Morgan fingerprint density at radius 2 is 1.88 bits per heavy atom. The van der Waals surface area contributed by atoms with Crippen molar-refractivity contribution in [2.45, 2.75) is 6.42 Å². The number of nitrogens with one attached hydrogen (secondary N) is 1. The molecule has 3 nitrogen and oxygen atoms in total. The molecule has 0 aliphatic rings. The number of rotatable bonds is 2. The van der Waals surface area contributed by atoms with Crippen molar-refractivity contribution in [2.24, 2.45) is 0 Å². The molecule has 1 aromatic carbocycles. The monoisotopic (exact) mass is 219 g/mol. The van der Waals surface area contributed by atoms with Gasteiger partial charge in [0.25, 0.3) is 5.56 Å². The van der Waals surface area contributed by atoms with Gasteiger partial charge in [0.05, 0.1) is 0 Å². The van der Waals surface area contributed by atoms with Gasteiger partial charge in [-0.3, -0.25) is 4.79 Å². The van der Waals surface area contributed by atoms with E-state index in [1.165, 1.54) is 24.4 Å². The van der Waals surface area contributed by atoms with Crippen molar-refractivity contribution < 1.29 is 9.50 Å². The molecule has 0 spiro atoms. The first-order valence-electron chi connectivity index (χ1n) is 4.80. The van der Waals surface area contributed by atoms with Crippen LogP contribution in [0.1, 0.15) is 11.1 Å². The number of H-pyrrole nitrogens is 1. The minimum Gasteiger partial charge on any atom is -0.503 e. The molecule has 4 heteroatoms. The Morgan fingerprint density at radius 3 is 2.50 bits per heavy atom. The Hall–Kier alpha value is -2.10. The number of hydrogen-bond acceptors (Lipinski definition) is 2. The molecular formula is C12H10FNO2. The van der Waals surface area contributed by atoms with Gasteiger partial charge in [-0.05, 0) is 35.7 Å². The minimum atomic E-state index is -0.511. The van der Waals surface area contributed by atoms with Gasteiger partial charge in [0, 0.05) is 6.20 Å². The summed E-state index contributed by atoms with van der Waals surface area (Å²) in [5.41, 5.74) is 1.17. The topological polar surface area (TPSA) is 53.1 Å². The van der Waals surface area contributed by atoms with E-state index in [2.05, 4.69) is 4.98 Å². The van der Waals surface area contributed by atoms with E-state index < -0.39 is 5.56 Å². The molecule has 0 unspecified atom stereocenters. The third kappa shape index (κ3) is 2.28. The van der Waals surface area contributed by atoms with E-state index in [4.69, 9.17) is 0 Å². The second-order valence-corrected chi connectivity index (χ2v) is 3.53. The number of benzene rings is 1. The van der Waals surface area contributed by atoms with E-state index in [1.807, 2.05) is 0 Å². The number of aromatic amines is 1. The van der Waals surface area contributed by atoms with Gasteiger partial charge in [0.1, 0.15) is 5.82 Å². The Bertz CT molecular complexity index is 546. The molecule has 1 aromatic heterocycles. The molecule has 2 rings (SSSR count). The van der Waals surface area contributed by atoms with Gasteiger partial charge in [-0.1, -0.05) is 12.1 Å². The average molecular weight is 219 g/mol. The van der Waals surface area contributed by atoms with Gasteiger partial charge in [-0.25, -0.2) is 4.39 Å². The van der Waals surface area contributed by atoms with Crippen molar-refractivity contribution in [1.82, 2.24) is 4.98 Å². The van der Waals surface area contributed by atoms with E-state index in [9.17, 15) is 14.3 Å². The summed E-state index contributed by atoms with van der Waals surface area (Å²) >= 11 is 0. The third-order valence-electron chi connectivity index (χ3n) is 2.26. The van der Waals surface area contributed by atoms with Crippen LogP contribution in [-0.2, 0) is 6.42 Å². The summed E-state index contributed by atoms with van der Waals surface area (Å²) in [7, 11) is 0. The maximum absolute atomic E-state index is 12.7. The van der Waals surface area contributed by atoms with Crippen LogP contribution in [0.25, 0.3) is 0 Å². The lowest BCUT2D eigenvalue weighted by Gasteiger charge is -2.02. The fourth-order valence-corrected chi connectivity index (χ4v) is 1.46. The van der Waals surface area contributed by atoms with Crippen LogP contribution in [0.5, 0.6) is 5.75 Å². The second-order valence-electron chi connectivity index (χ2n) is 3.53. The summed E-state index contributed by atoms with van der Waals surface area (Å²) < 4.78 is 12.7. The quantitative estimate of drug-likeness (QED) is 0.809. The van der Waals surface area contributed by atoms with Crippen LogP contribution in [0.2, 0.25) is 0 Å². The van der Waals surface area contributed by atoms with Crippen LogP contribution >= 0.6 is 0 Å². The number of halogens is 1. The van der Waals surface area contributed by atoms with Crippen LogP contribution < -0.4 is 5.56 Å². The molecule has 2 aromatic rings. The zero-order chi connectivity index (χ0) is 11.5. The number of aromatic hydroxyl groups is 1. The molecule has 0 aliphatic heterocycles. The minimum absolute atomic E-state index is 0.284. The Balaban J connectivity index is 2.23. The van der Waals surface area contributed by atoms with Crippen LogP contribution in [0, 0.1) is 5.82 Å².